The van der Waals surface area contributed by atoms with E-state index in [0.29, 0.717) is 28.7 Å². The zero-order valence-electron chi connectivity index (χ0n) is 13.3. The lowest BCUT2D eigenvalue weighted by Gasteiger charge is -2.10. The Balaban J connectivity index is 2.05. The molecule has 2 aromatic heterocycles. The van der Waals surface area contributed by atoms with Gasteiger partial charge in [-0.2, -0.15) is 9.61 Å². The number of carbonyl (C=O) groups is 1. The molecule has 3 aromatic rings. The number of benzene rings is 1. The summed E-state index contributed by atoms with van der Waals surface area (Å²) >= 11 is 1.34. The molecule has 124 valence electrons. The van der Waals surface area contributed by atoms with Crippen LogP contribution in [0, 0.1) is 0 Å². The number of carbonyl (C=O) groups excluding carboxylic acids is 1. The molecule has 0 unspecified atom stereocenters. The van der Waals surface area contributed by atoms with E-state index in [1.54, 1.807) is 11.6 Å². The minimum Gasteiger partial charge on any atom is -0.496 e. The van der Waals surface area contributed by atoms with E-state index < -0.39 is 0 Å². The Hall–Kier alpha value is -2.61. The monoisotopic (exact) mass is 343 g/mol. The van der Waals surface area contributed by atoms with Crippen molar-refractivity contribution in [2.24, 2.45) is 5.73 Å². The van der Waals surface area contributed by atoms with Gasteiger partial charge in [-0.1, -0.05) is 30.8 Å². The summed E-state index contributed by atoms with van der Waals surface area (Å²) in [6.45, 7) is 1.92. The summed E-state index contributed by atoms with van der Waals surface area (Å²) in [6.07, 6.45) is 0.640. The summed E-state index contributed by atoms with van der Waals surface area (Å²) in [4.78, 5) is 11.4. The molecular weight excluding hydrogens is 326 g/mol. The number of fused-ring (bicyclic) bond motifs is 1. The Kier molecular flexibility index (Phi) is 4.66. The maximum atomic E-state index is 11.4. The van der Waals surface area contributed by atoms with Crippen molar-refractivity contribution in [1.29, 1.82) is 0 Å². The molecule has 3 rings (SSSR count). The fourth-order valence-electron chi connectivity index (χ4n) is 2.32. The normalized spacial score (nSPS) is 12.2. The van der Waals surface area contributed by atoms with Crippen LogP contribution in [-0.4, -0.2) is 38.1 Å². The van der Waals surface area contributed by atoms with Crippen molar-refractivity contribution >= 4 is 23.3 Å². The molecule has 0 bridgehead atoms. The molecule has 0 saturated heterocycles. The number of hydrogen-bond acceptors (Lipinski definition) is 6. The van der Waals surface area contributed by atoms with Crippen LogP contribution < -0.4 is 10.5 Å². The molecule has 0 aliphatic rings. The SMILES string of the molecule is CC[C@@H](Sc1ccc2nnc(-c3ccccc3OC)n2n1)C(N)=O. The second kappa shape index (κ2) is 6.88. The van der Waals surface area contributed by atoms with Crippen molar-refractivity contribution in [3.63, 3.8) is 0 Å². The van der Waals surface area contributed by atoms with Crippen LogP contribution in [0.5, 0.6) is 5.75 Å². The molecule has 0 aliphatic carbocycles. The van der Waals surface area contributed by atoms with Gasteiger partial charge in [0.2, 0.25) is 5.91 Å². The number of hydrogen-bond donors (Lipinski definition) is 1. The van der Waals surface area contributed by atoms with Crippen LogP contribution in [0.4, 0.5) is 0 Å². The molecule has 0 radical (unpaired) electrons. The van der Waals surface area contributed by atoms with Gasteiger partial charge in [-0.3, -0.25) is 4.79 Å². The van der Waals surface area contributed by atoms with E-state index in [0.717, 1.165) is 5.56 Å². The quantitative estimate of drug-likeness (QED) is 0.689. The van der Waals surface area contributed by atoms with Crippen LogP contribution in [0.3, 0.4) is 0 Å². The van der Waals surface area contributed by atoms with Crippen LogP contribution in [0.1, 0.15) is 13.3 Å². The Bertz CT molecular complexity index is 880. The molecule has 8 heteroatoms. The third-order valence-corrected chi connectivity index (χ3v) is 4.85. The van der Waals surface area contributed by atoms with Gasteiger partial charge >= 0.3 is 0 Å². The Morgan fingerprint density at radius 2 is 2.08 bits per heavy atom. The van der Waals surface area contributed by atoms with Crippen LogP contribution in [0.2, 0.25) is 0 Å². The van der Waals surface area contributed by atoms with E-state index in [1.165, 1.54) is 11.8 Å². The number of para-hydroxylation sites is 1. The number of primary amides is 1. The number of thioether (sulfide) groups is 1. The highest BCUT2D eigenvalue weighted by Gasteiger charge is 2.18. The average molecular weight is 343 g/mol. The van der Waals surface area contributed by atoms with Gasteiger partial charge < -0.3 is 10.5 Å². The third kappa shape index (κ3) is 3.05. The lowest BCUT2D eigenvalue weighted by molar-refractivity contribution is -0.117. The van der Waals surface area contributed by atoms with Crippen LogP contribution in [-0.2, 0) is 4.79 Å². The topological polar surface area (TPSA) is 95.4 Å². The van der Waals surface area contributed by atoms with Gasteiger partial charge in [-0.15, -0.1) is 10.2 Å². The van der Waals surface area contributed by atoms with E-state index in [9.17, 15) is 4.79 Å². The largest absolute Gasteiger partial charge is 0.496 e. The minimum absolute atomic E-state index is 0.318. The highest BCUT2D eigenvalue weighted by atomic mass is 32.2. The van der Waals surface area contributed by atoms with Gasteiger partial charge in [0.1, 0.15) is 10.8 Å². The summed E-state index contributed by atoms with van der Waals surface area (Å²) in [7, 11) is 1.61. The van der Waals surface area contributed by atoms with E-state index in [1.807, 2.05) is 43.3 Å². The van der Waals surface area contributed by atoms with Crippen LogP contribution in [0.25, 0.3) is 17.0 Å². The molecule has 24 heavy (non-hydrogen) atoms. The van der Waals surface area contributed by atoms with Gasteiger partial charge in [0.15, 0.2) is 11.5 Å². The first-order valence-electron chi connectivity index (χ1n) is 7.46. The molecule has 1 atom stereocenters. The zero-order valence-corrected chi connectivity index (χ0v) is 14.2. The predicted molar refractivity (Wildman–Crippen MR) is 91.9 cm³/mol. The summed E-state index contributed by atoms with van der Waals surface area (Å²) < 4.78 is 7.03. The Morgan fingerprint density at radius 3 is 2.79 bits per heavy atom. The number of ether oxygens (including phenoxy) is 1. The van der Waals surface area contributed by atoms with Gasteiger partial charge in [0.05, 0.1) is 17.9 Å². The van der Waals surface area contributed by atoms with Crippen molar-refractivity contribution in [3.8, 4) is 17.1 Å². The van der Waals surface area contributed by atoms with E-state index in [4.69, 9.17) is 10.5 Å². The Labute approximate surface area is 143 Å². The standard InChI is InChI=1S/C16H17N5O2S/c1-3-12(15(17)22)24-14-9-8-13-18-19-16(21(13)20-14)10-6-4-5-7-11(10)23-2/h4-9,12H,3H2,1-2H3,(H2,17,22)/t12-/m1/s1. The number of aromatic nitrogens is 4. The third-order valence-electron chi connectivity index (χ3n) is 3.54. The summed E-state index contributed by atoms with van der Waals surface area (Å²) in [5, 5.41) is 13.3. The molecule has 2 N–H and O–H groups in total. The number of amides is 1. The van der Waals surface area contributed by atoms with Crippen molar-refractivity contribution in [1.82, 2.24) is 19.8 Å². The van der Waals surface area contributed by atoms with Crippen molar-refractivity contribution in [2.45, 2.75) is 23.6 Å². The summed E-state index contributed by atoms with van der Waals surface area (Å²) in [5.74, 6) is 0.922. The Morgan fingerprint density at radius 1 is 1.29 bits per heavy atom. The van der Waals surface area contributed by atoms with Crippen molar-refractivity contribution < 1.29 is 9.53 Å². The molecule has 7 nitrogen and oxygen atoms in total. The molecule has 0 aliphatic heterocycles. The molecule has 0 fully saturated rings. The van der Waals surface area contributed by atoms with Crippen molar-refractivity contribution in [2.75, 3.05) is 7.11 Å². The van der Waals surface area contributed by atoms with Gasteiger partial charge in [-0.05, 0) is 30.7 Å². The highest BCUT2D eigenvalue weighted by Crippen LogP contribution is 2.29. The average Bonchev–Trinajstić information content (AvgIpc) is 3.02. The second-order valence-corrected chi connectivity index (χ2v) is 6.31. The maximum absolute atomic E-state index is 11.4. The predicted octanol–water partition coefficient (Wildman–Crippen LogP) is 2.16. The number of nitrogens with two attached hydrogens (primary N) is 1. The molecule has 0 saturated carbocycles. The number of nitrogens with zero attached hydrogens (tertiary/aromatic N) is 4. The van der Waals surface area contributed by atoms with Crippen LogP contribution in [0.15, 0.2) is 41.4 Å². The molecule has 1 amide bonds. The molecule has 1 aromatic carbocycles. The maximum Gasteiger partial charge on any atom is 0.230 e. The minimum atomic E-state index is -0.349. The van der Waals surface area contributed by atoms with E-state index >= 15 is 0 Å². The molecule has 0 spiro atoms. The van der Waals surface area contributed by atoms with Gasteiger partial charge in [-0.25, -0.2) is 0 Å². The molecule has 2 heterocycles. The van der Waals surface area contributed by atoms with Crippen molar-refractivity contribution in [3.05, 3.63) is 36.4 Å². The van der Waals surface area contributed by atoms with E-state index in [2.05, 4.69) is 15.3 Å². The molecular formula is C16H17N5O2S. The van der Waals surface area contributed by atoms with Gasteiger partial charge in [0, 0.05) is 0 Å². The summed E-state index contributed by atoms with van der Waals surface area (Å²) in [6, 6.07) is 11.2. The lowest BCUT2D eigenvalue weighted by atomic mass is 10.2. The zero-order chi connectivity index (χ0) is 17.1. The fraction of sp³-hybridized carbons (Fsp3) is 0.250. The summed E-state index contributed by atoms with van der Waals surface area (Å²) in [5.41, 5.74) is 6.82. The lowest BCUT2D eigenvalue weighted by Crippen LogP contribution is -2.25. The van der Waals surface area contributed by atoms with E-state index in [-0.39, 0.29) is 11.2 Å². The first-order chi connectivity index (χ1) is 11.6. The second-order valence-electron chi connectivity index (χ2n) is 5.08. The van der Waals surface area contributed by atoms with Gasteiger partial charge in [0.25, 0.3) is 0 Å². The number of rotatable bonds is 6. The first kappa shape index (κ1) is 16.3. The highest BCUT2D eigenvalue weighted by molar-refractivity contribution is 8.00. The first-order valence-corrected chi connectivity index (χ1v) is 8.33. The smallest absolute Gasteiger partial charge is 0.230 e. The number of methoxy groups -OCH3 is 1. The fourth-order valence-corrected chi connectivity index (χ4v) is 3.17. The van der Waals surface area contributed by atoms with Crippen LogP contribution >= 0.6 is 11.8 Å².